The van der Waals surface area contributed by atoms with E-state index >= 15 is 0 Å². The number of hydrogen-bond donors (Lipinski definition) is 0. The minimum atomic E-state index is -0.791. The van der Waals surface area contributed by atoms with Gasteiger partial charge in [0.05, 0.1) is 6.04 Å². The van der Waals surface area contributed by atoms with Crippen LogP contribution in [0.15, 0.2) is 65.7 Å². The molecule has 1 heterocycles. The van der Waals surface area contributed by atoms with Crippen LogP contribution in [-0.2, 0) is 10.3 Å². The third-order valence-electron chi connectivity index (χ3n) is 5.14. The fourth-order valence-corrected chi connectivity index (χ4v) is 3.99. The molecule has 1 amide bonds. The summed E-state index contributed by atoms with van der Waals surface area (Å²) in [7, 11) is 0. The summed E-state index contributed by atoms with van der Waals surface area (Å²) in [5, 5.41) is 0. The second-order valence-electron chi connectivity index (χ2n) is 6.78. The molecule has 0 aromatic heterocycles. The Morgan fingerprint density at radius 1 is 1.26 bits per heavy atom. The van der Waals surface area contributed by atoms with E-state index in [4.69, 9.17) is 4.74 Å². The van der Waals surface area contributed by atoms with Crippen molar-refractivity contribution in [1.29, 1.82) is 0 Å². The van der Waals surface area contributed by atoms with Crippen LogP contribution in [0.25, 0.3) is 0 Å². The van der Waals surface area contributed by atoms with Crippen molar-refractivity contribution in [3.8, 4) is 0 Å². The highest BCUT2D eigenvalue weighted by atomic mass is 79.9. The van der Waals surface area contributed by atoms with Gasteiger partial charge in [-0.05, 0) is 41.8 Å². The van der Waals surface area contributed by atoms with Gasteiger partial charge in [-0.25, -0.2) is 9.18 Å². The molecule has 2 atom stereocenters. The lowest BCUT2D eigenvalue weighted by atomic mass is 9.85. The molecule has 0 radical (unpaired) electrons. The molecule has 1 aliphatic heterocycles. The van der Waals surface area contributed by atoms with E-state index in [1.165, 1.54) is 12.1 Å². The molecule has 0 bridgehead atoms. The number of amides is 1. The number of cyclic esters (lactones) is 1. The molecule has 27 heavy (non-hydrogen) atoms. The molecule has 0 aliphatic carbocycles. The number of ether oxygens (including phenoxy) is 1. The van der Waals surface area contributed by atoms with E-state index in [2.05, 4.69) is 29.4 Å². The molecule has 0 spiro atoms. The highest BCUT2D eigenvalue weighted by molar-refractivity contribution is 9.10. The molecule has 142 valence electrons. The van der Waals surface area contributed by atoms with E-state index in [1.54, 1.807) is 23.1 Å². The van der Waals surface area contributed by atoms with Crippen molar-refractivity contribution in [2.75, 3.05) is 6.54 Å². The Kier molecular flexibility index (Phi) is 6.00. The van der Waals surface area contributed by atoms with Gasteiger partial charge in [-0.15, -0.1) is 6.58 Å². The number of carbonyl (C=O) groups is 1. The molecule has 0 saturated carbocycles. The van der Waals surface area contributed by atoms with Crippen molar-refractivity contribution >= 4 is 22.0 Å². The van der Waals surface area contributed by atoms with Gasteiger partial charge in [0.25, 0.3) is 0 Å². The van der Waals surface area contributed by atoms with Crippen molar-refractivity contribution in [3.05, 3.63) is 82.6 Å². The standard InChI is InChI=1S/C22H23BrFNO2/c1-3-13-22(17-7-11-19(24)12-8-17)14-15-25(21(26)27-22)20(4-2)16-5-9-18(23)10-6-16/h3,5-12,20H,1,4,13-15H2,2H3. The highest BCUT2D eigenvalue weighted by Crippen LogP contribution is 2.40. The zero-order valence-electron chi connectivity index (χ0n) is 15.3. The lowest BCUT2D eigenvalue weighted by molar-refractivity contribution is -0.0607. The van der Waals surface area contributed by atoms with Crippen LogP contribution in [0.4, 0.5) is 9.18 Å². The van der Waals surface area contributed by atoms with Gasteiger partial charge >= 0.3 is 6.09 Å². The summed E-state index contributed by atoms with van der Waals surface area (Å²) < 4.78 is 20.3. The minimum Gasteiger partial charge on any atom is -0.437 e. The monoisotopic (exact) mass is 431 g/mol. The van der Waals surface area contributed by atoms with Crippen molar-refractivity contribution in [2.45, 2.75) is 37.8 Å². The maximum atomic E-state index is 13.3. The molecule has 2 aromatic carbocycles. The van der Waals surface area contributed by atoms with Gasteiger partial charge in [0.2, 0.25) is 0 Å². The molecule has 0 N–H and O–H groups in total. The summed E-state index contributed by atoms with van der Waals surface area (Å²) in [6.45, 7) is 6.44. The first-order chi connectivity index (χ1) is 13.0. The summed E-state index contributed by atoms with van der Waals surface area (Å²) >= 11 is 3.45. The average Bonchev–Trinajstić information content (AvgIpc) is 2.66. The van der Waals surface area contributed by atoms with Crippen molar-refractivity contribution in [2.24, 2.45) is 0 Å². The Balaban J connectivity index is 1.86. The molecular formula is C22H23BrFNO2. The van der Waals surface area contributed by atoms with Gasteiger partial charge in [0.15, 0.2) is 0 Å². The predicted octanol–water partition coefficient (Wildman–Crippen LogP) is 6.35. The van der Waals surface area contributed by atoms with Crippen LogP contribution in [-0.4, -0.2) is 17.5 Å². The van der Waals surface area contributed by atoms with E-state index in [9.17, 15) is 9.18 Å². The Morgan fingerprint density at radius 3 is 2.48 bits per heavy atom. The van der Waals surface area contributed by atoms with Gasteiger partial charge in [0.1, 0.15) is 11.4 Å². The molecule has 3 rings (SSSR count). The molecular weight excluding hydrogens is 409 g/mol. The van der Waals surface area contributed by atoms with Gasteiger partial charge < -0.3 is 9.64 Å². The molecule has 5 heteroatoms. The Hall–Kier alpha value is -2.14. The van der Waals surface area contributed by atoms with Crippen LogP contribution in [0.3, 0.4) is 0 Å². The molecule has 3 nitrogen and oxygen atoms in total. The molecule has 1 aliphatic rings. The number of nitrogens with zero attached hydrogens (tertiary/aromatic N) is 1. The second kappa shape index (κ2) is 8.26. The van der Waals surface area contributed by atoms with Crippen LogP contribution in [0, 0.1) is 5.82 Å². The predicted molar refractivity (Wildman–Crippen MR) is 108 cm³/mol. The van der Waals surface area contributed by atoms with Gasteiger partial charge in [-0.3, -0.25) is 0 Å². The van der Waals surface area contributed by atoms with Crippen LogP contribution in [0.2, 0.25) is 0 Å². The zero-order chi connectivity index (χ0) is 19.4. The van der Waals surface area contributed by atoms with E-state index in [0.717, 1.165) is 22.0 Å². The molecule has 2 aromatic rings. The Bertz CT molecular complexity index is 806. The van der Waals surface area contributed by atoms with Crippen LogP contribution in [0.1, 0.15) is 43.4 Å². The number of benzene rings is 2. The molecule has 1 fully saturated rings. The minimum absolute atomic E-state index is 0.0412. The lowest BCUT2D eigenvalue weighted by Crippen LogP contribution is -2.49. The topological polar surface area (TPSA) is 29.5 Å². The van der Waals surface area contributed by atoms with Gasteiger partial charge in [0, 0.05) is 23.9 Å². The summed E-state index contributed by atoms with van der Waals surface area (Å²) in [4.78, 5) is 14.7. The second-order valence-corrected chi connectivity index (χ2v) is 7.70. The van der Waals surface area contributed by atoms with Crippen molar-refractivity contribution < 1.29 is 13.9 Å². The lowest BCUT2D eigenvalue weighted by Gasteiger charge is -2.43. The van der Waals surface area contributed by atoms with E-state index in [1.807, 2.05) is 24.3 Å². The number of carbonyl (C=O) groups excluding carboxylic acids is 1. The average molecular weight is 432 g/mol. The van der Waals surface area contributed by atoms with Crippen molar-refractivity contribution in [3.63, 3.8) is 0 Å². The summed E-state index contributed by atoms with van der Waals surface area (Å²) in [5.41, 5.74) is 1.09. The summed E-state index contributed by atoms with van der Waals surface area (Å²) in [6.07, 6.45) is 3.32. The highest BCUT2D eigenvalue weighted by Gasteiger charge is 2.43. The van der Waals surface area contributed by atoms with Gasteiger partial charge in [-0.1, -0.05) is 53.2 Å². The first kappa shape index (κ1) is 19.6. The van der Waals surface area contributed by atoms with E-state index < -0.39 is 5.60 Å². The van der Waals surface area contributed by atoms with E-state index in [-0.39, 0.29) is 18.0 Å². The smallest absolute Gasteiger partial charge is 0.411 e. The van der Waals surface area contributed by atoms with Crippen LogP contribution >= 0.6 is 15.9 Å². The molecule has 1 saturated heterocycles. The van der Waals surface area contributed by atoms with E-state index in [0.29, 0.717) is 19.4 Å². The van der Waals surface area contributed by atoms with Gasteiger partial charge in [-0.2, -0.15) is 0 Å². The number of rotatable bonds is 6. The normalized spacial score (nSPS) is 20.9. The largest absolute Gasteiger partial charge is 0.437 e. The molecule has 2 unspecified atom stereocenters. The van der Waals surface area contributed by atoms with Crippen molar-refractivity contribution in [1.82, 2.24) is 4.90 Å². The summed E-state index contributed by atoms with van der Waals surface area (Å²) in [6, 6.07) is 14.1. The fraction of sp³-hybridized carbons (Fsp3) is 0.318. The Labute approximate surface area is 168 Å². The fourth-order valence-electron chi connectivity index (χ4n) is 3.72. The quantitative estimate of drug-likeness (QED) is 0.498. The third-order valence-corrected chi connectivity index (χ3v) is 5.66. The summed E-state index contributed by atoms with van der Waals surface area (Å²) in [5.74, 6) is -0.308. The van der Waals surface area contributed by atoms with Crippen LogP contribution in [0.5, 0.6) is 0 Å². The van der Waals surface area contributed by atoms with Crippen LogP contribution < -0.4 is 0 Å². The maximum Gasteiger partial charge on any atom is 0.411 e. The first-order valence-corrected chi connectivity index (χ1v) is 9.90. The number of hydrogen-bond acceptors (Lipinski definition) is 2. The maximum absolute atomic E-state index is 13.3. The third kappa shape index (κ3) is 4.08. The Morgan fingerprint density at radius 2 is 1.93 bits per heavy atom. The SMILES string of the molecule is C=CCC1(c2ccc(F)cc2)CCN(C(CC)c2ccc(Br)cc2)C(=O)O1. The first-order valence-electron chi connectivity index (χ1n) is 9.11. The number of halogens is 2. The zero-order valence-corrected chi connectivity index (χ0v) is 16.9.